The number of carbonyl (C=O) groups is 2. The van der Waals surface area contributed by atoms with Crippen molar-refractivity contribution in [1.29, 1.82) is 0 Å². The summed E-state index contributed by atoms with van der Waals surface area (Å²) in [6.45, 7) is 8.24. The van der Waals surface area contributed by atoms with E-state index in [2.05, 4.69) is 9.55 Å². The second kappa shape index (κ2) is 10.0. The fraction of sp³-hybridized carbons (Fsp3) is 0.292. The molecule has 0 saturated carbocycles. The lowest BCUT2D eigenvalue weighted by atomic mass is 9.95. The number of rotatable bonds is 8. The summed E-state index contributed by atoms with van der Waals surface area (Å²) in [6, 6.07) is 9.27. The van der Waals surface area contributed by atoms with Crippen LogP contribution >= 0.6 is 35.0 Å². The maximum absolute atomic E-state index is 13.1. The smallest absolute Gasteiger partial charge is 0.230 e. The number of benzene rings is 1. The van der Waals surface area contributed by atoms with Gasteiger partial charge in [-0.2, -0.15) is 0 Å². The Kier molecular flexibility index (Phi) is 7.63. The van der Waals surface area contributed by atoms with Crippen LogP contribution < -0.4 is 0 Å². The van der Waals surface area contributed by atoms with E-state index in [9.17, 15) is 9.59 Å². The molecule has 31 heavy (non-hydrogen) atoms. The van der Waals surface area contributed by atoms with Gasteiger partial charge in [0.05, 0.1) is 10.6 Å². The largest absolute Gasteiger partial charge is 0.335 e. The van der Waals surface area contributed by atoms with Gasteiger partial charge in [-0.05, 0) is 54.3 Å². The molecule has 0 unspecified atom stereocenters. The minimum atomic E-state index is -0.428. The molecule has 0 aliphatic carbocycles. The molecule has 0 saturated heterocycles. The molecule has 3 aromatic rings. The van der Waals surface area contributed by atoms with Gasteiger partial charge in [0.15, 0.2) is 0 Å². The second-order valence-electron chi connectivity index (χ2n) is 7.59. The molecule has 2 heterocycles. The van der Waals surface area contributed by atoms with E-state index in [0.29, 0.717) is 22.2 Å². The maximum atomic E-state index is 13.1. The highest BCUT2D eigenvalue weighted by atomic mass is 35.5. The van der Waals surface area contributed by atoms with E-state index < -0.39 is 5.78 Å². The van der Waals surface area contributed by atoms with Gasteiger partial charge in [0.2, 0.25) is 11.6 Å². The highest BCUT2D eigenvalue weighted by Crippen LogP contribution is 2.41. The first-order valence-electron chi connectivity index (χ1n) is 10.1. The van der Waals surface area contributed by atoms with Gasteiger partial charge >= 0.3 is 0 Å². The Hall–Kier alpha value is -2.08. The molecule has 0 fully saturated rings. The Bertz CT molecular complexity index is 1100. The summed E-state index contributed by atoms with van der Waals surface area (Å²) in [6.07, 6.45) is 3.67. The Labute approximate surface area is 197 Å². The monoisotopic (exact) mass is 474 g/mol. The van der Waals surface area contributed by atoms with E-state index >= 15 is 0 Å². The van der Waals surface area contributed by atoms with Crippen molar-refractivity contribution >= 4 is 46.5 Å². The van der Waals surface area contributed by atoms with Crippen LogP contribution in [0.1, 0.15) is 60.3 Å². The number of carbonyl (C=O) groups excluding carboxylic acids is 2. The fourth-order valence-corrected chi connectivity index (χ4v) is 5.54. The first kappa shape index (κ1) is 23.6. The van der Waals surface area contributed by atoms with Crippen molar-refractivity contribution in [3.05, 3.63) is 75.2 Å². The number of hydrogen-bond acceptors (Lipinski definition) is 4. The van der Waals surface area contributed by atoms with E-state index in [-0.39, 0.29) is 18.1 Å². The van der Waals surface area contributed by atoms with Crippen molar-refractivity contribution in [2.45, 2.75) is 56.5 Å². The molecule has 0 spiro atoms. The standard InChI is InChI=1S/C24H24Cl2N2O2S/c1-5-20(29)23(30)22-15(4)28(13-16-6-8-27-9-7-16)24(21(22)14(2)3)31-19-11-17(25)10-18(26)12-19/h6-12,14H,5,13H2,1-4H3. The molecule has 0 aliphatic heterocycles. The number of hydrogen-bond donors (Lipinski definition) is 0. The van der Waals surface area contributed by atoms with E-state index in [0.717, 1.165) is 26.7 Å². The summed E-state index contributed by atoms with van der Waals surface area (Å²) >= 11 is 14.0. The van der Waals surface area contributed by atoms with Gasteiger partial charge in [-0.3, -0.25) is 14.6 Å². The zero-order valence-electron chi connectivity index (χ0n) is 17.9. The highest BCUT2D eigenvalue weighted by Gasteiger charge is 2.30. The van der Waals surface area contributed by atoms with Crippen molar-refractivity contribution in [2.75, 3.05) is 0 Å². The van der Waals surface area contributed by atoms with Gasteiger partial charge in [0.25, 0.3) is 0 Å². The second-order valence-corrected chi connectivity index (χ2v) is 9.52. The number of nitrogens with zero attached hydrogens (tertiary/aromatic N) is 2. The third kappa shape index (κ3) is 5.22. The van der Waals surface area contributed by atoms with E-state index in [1.54, 1.807) is 25.4 Å². The molecule has 162 valence electrons. The predicted octanol–water partition coefficient (Wildman–Crippen LogP) is 6.98. The SMILES string of the molecule is CCC(=O)C(=O)c1c(C(C)C)c(Sc2cc(Cl)cc(Cl)c2)n(Cc2ccncc2)c1C. The third-order valence-corrected chi connectivity index (χ3v) is 6.57. The van der Waals surface area contributed by atoms with Crippen LogP contribution in [0.2, 0.25) is 10.0 Å². The normalized spacial score (nSPS) is 11.2. The molecule has 3 rings (SSSR count). The lowest BCUT2D eigenvalue weighted by molar-refractivity contribution is -0.114. The molecule has 0 N–H and O–H groups in total. The molecule has 4 nitrogen and oxygen atoms in total. The Morgan fingerprint density at radius 1 is 1.10 bits per heavy atom. The summed E-state index contributed by atoms with van der Waals surface area (Å²) < 4.78 is 2.10. The van der Waals surface area contributed by atoms with Gasteiger partial charge < -0.3 is 4.57 Å². The average molecular weight is 475 g/mol. The molecule has 1 aromatic carbocycles. The zero-order chi connectivity index (χ0) is 22.7. The summed E-state index contributed by atoms with van der Waals surface area (Å²) in [4.78, 5) is 30.4. The zero-order valence-corrected chi connectivity index (χ0v) is 20.2. The van der Waals surface area contributed by atoms with Crippen molar-refractivity contribution in [1.82, 2.24) is 9.55 Å². The van der Waals surface area contributed by atoms with Crippen LogP contribution in [0.5, 0.6) is 0 Å². The maximum Gasteiger partial charge on any atom is 0.230 e. The Morgan fingerprint density at radius 3 is 2.26 bits per heavy atom. The number of aromatic nitrogens is 2. The summed E-state index contributed by atoms with van der Waals surface area (Å²) in [5, 5.41) is 2.00. The van der Waals surface area contributed by atoms with Crippen LogP contribution in [-0.4, -0.2) is 21.1 Å². The number of Topliss-reactive ketones (excluding diaryl/α,β-unsaturated/α-hetero) is 2. The van der Waals surface area contributed by atoms with E-state index in [1.165, 1.54) is 11.8 Å². The van der Waals surface area contributed by atoms with Crippen molar-refractivity contribution in [2.24, 2.45) is 0 Å². The van der Waals surface area contributed by atoms with Crippen molar-refractivity contribution in [3.63, 3.8) is 0 Å². The van der Waals surface area contributed by atoms with Crippen LogP contribution in [0.4, 0.5) is 0 Å². The molecule has 0 radical (unpaired) electrons. The Morgan fingerprint density at radius 2 is 1.71 bits per heavy atom. The van der Waals surface area contributed by atoms with Crippen LogP contribution in [0.3, 0.4) is 0 Å². The number of halogens is 2. The van der Waals surface area contributed by atoms with Gasteiger partial charge in [-0.15, -0.1) is 0 Å². The first-order valence-corrected chi connectivity index (χ1v) is 11.6. The molecule has 7 heteroatoms. The van der Waals surface area contributed by atoms with E-state index in [1.807, 2.05) is 45.0 Å². The van der Waals surface area contributed by atoms with Crippen LogP contribution in [-0.2, 0) is 11.3 Å². The van der Waals surface area contributed by atoms with Gasteiger partial charge in [-0.1, -0.05) is 55.7 Å². The summed E-state index contributed by atoms with van der Waals surface area (Å²) in [5.41, 5.74) is 3.21. The molecule has 0 bridgehead atoms. The summed E-state index contributed by atoms with van der Waals surface area (Å²) in [7, 11) is 0. The topological polar surface area (TPSA) is 52.0 Å². The van der Waals surface area contributed by atoms with Gasteiger partial charge in [0, 0.05) is 46.0 Å². The molecular weight excluding hydrogens is 451 g/mol. The van der Waals surface area contributed by atoms with Crippen molar-refractivity contribution in [3.8, 4) is 0 Å². The average Bonchev–Trinajstić information content (AvgIpc) is 2.98. The fourth-order valence-electron chi connectivity index (χ4n) is 3.53. The lowest BCUT2D eigenvalue weighted by Crippen LogP contribution is -2.16. The molecular formula is C24H24Cl2N2O2S. The van der Waals surface area contributed by atoms with Crippen LogP contribution in [0.25, 0.3) is 0 Å². The third-order valence-electron chi connectivity index (χ3n) is 5.03. The number of pyridine rings is 1. The molecule has 0 aliphatic rings. The lowest BCUT2D eigenvalue weighted by Gasteiger charge is -2.14. The Balaban J connectivity index is 2.23. The van der Waals surface area contributed by atoms with E-state index in [4.69, 9.17) is 23.2 Å². The predicted molar refractivity (Wildman–Crippen MR) is 127 cm³/mol. The molecule has 0 amide bonds. The quantitative estimate of drug-likeness (QED) is 0.260. The van der Waals surface area contributed by atoms with Gasteiger partial charge in [-0.25, -0.2) is 0 Å². The molecule has 2 aromatic heterocycles. The van der Waals surface area contributed by atoms with Crippen LogP contribution in [0.15, 0.2) is 52.6 Å². The number of ketones is 2. The summed E-state index contributed by atoms with van der Waals surface area (Å²) in [5.74, 6) is -0.769. The van der Waals surface area contributed by atoms with Crippen LogP contribution in [0, 0.1) is 6.92 Å². The van der Waals surface area contributed by atoms with Crippen molar-refractivity contribution < 1.29 is 9.59 Å². The highest BCUT2D eigenvalue weighted by molar-refractivity contribution is 7.99. The minimum absolute atomic E-state index is 0.0400. The van der Waals surface area contributed by atoms with Gasteiger partial charge in [0.1, 0.15) is 0 Å². The molecule has 0 atom stereocenters. The minimum Gasteiger partial charge on any atom is -0.335 e. The first-order chi connectivity index (χ1) is 14.7.